The van der Waals surface area contributed by atoms with Crippen molar-refractivity contribution in [3.05, 3.63) is 5.53 Å². The maximum Gasteiger partial charge on any atom is 0.370 e. The van der Waals surface area contributed by atoms with Gasteiger partial charge in [0.05, 0.1) is 5.25 Å². The molecule has 0 saturated carbocycles. The van der Waals surface area contributed by atoms with E-state index >= 15 is 0 Å². The van der Waals surface area contributed by atoms with Crippen LogP contribution in [0.3, 0.4) is 0 Å². The van der Waals surface area contributed by atoms with E-state index in [4.69, 9.17) is 5.53 Å². The van der Waals surface area contributed by atoms with E-state index in [-0.39, 0.29) is 0 Å². The molecule has 0 heterocycles. The fourth-order valence-electron chi connectivity index (χ4n) is 0.402. The van der Waals surface area contributed by atoms with Crippen molar-refractivity contribution in [2.75, 3.05) is 0 Å². The monoisotopic (exact) mass is 162 g/mol. The topological polar surface area (TPSA) is 70.5 Å². The van der Waals surface area contributed by atoms with Crippen molar-refractivity contribution in [2.24, 2.45) is 0 Å². The Bertz CT molecular complexity index is 238. The quantitative estimate of drug-likeness (QED) is 0.262. The molecule has 0 fully saturated rings. The molecule has 1 atom stereocenters. The summed E-state index contributed by atoms with van der Waals surface area (Å²) in [6.07, 6.45) is 0.522. The number of sulfone groups is 1. The minimum absolute atomic E-state index is 0.469. The van der Waals surface area contributed by atoms with Crippen molar-refractivity contribution in [1.29, 1.82) is 0 Å². The first-order valence-corrected chi connectivity index (χ1v) is 4.57. The van der Waals surface area contributed by atoms with E-state index in [0.29, 0.717) is 12.0 Å². The van der Waals surface area contributed by atoms with E-state index in [2.05, 4.69) is 4.79 Å². The molecule has 0 aliphatic heterocycles. The van der Waals surface area contributed by atoms with E-state index in [9.17, 15) is 8.42 Å². The Hall–Kier alpha value is -0.670. The van der Waals surface area contributed by atoms with Gasteiger partial charge >= 0.3 is 5.55 Å². The summed E-state index contributed by atoms with van der Waals surface area (Å²) in [7, 11) is -3.30. The summed E-state index contributed by atoms with van der Waals surface area (Å²) >= 11 is 0. The van der Waals surface area contributed by atoms with Crippen LogP contribution >= 0.6 is 0 Å². The van der Waals surface area contributed by atoms with Crippen molar-refractivity contribution in [2.45, 2.75) is 25.5 Å². The van der Waals surface area contributed by atoms with Crippen LogP contribution in [0.5, 0.6) is 0 Å². The zero-order chi connectivity index (χ0) is 8.20. The minimum atomic E-state index is -3.30. The van der Waals surface area contributed by atoms with Gasteiger partial charge in [0.1, 0.15) is 0 Å². The lowest BCUT2D eigenvalue weighted by Gasteiger charge is -1.99. The maximum atomic E-state index is 10.9. The zero-order valence-corrected chi connectivity index (χ0v) is 6.80. The van der Waals surface area contributed by atoms with Gasteiger partial charge in [0, 0.05) is 0 Å². The van der Waals surface area contributed by atoms with Gasteiger partial charge in [-0.2, -0.15) is 4.79 Å². The SMILES string of the molecule is CCC(C)S(=O)(=O)C=[N+]=[N-]. The highest BCUT2D eigenvalue weighted by molar-refractivity contribution is 8.04. The molecular weight excluding hydrogens is 152 g/mol. The molecule has 0 aromatic heterocycles. The van der Waals surface area contributed by atoms with Crippen LogP contribution in [0.1, 0.15) is 20.3 Å². The van der Waals surface area contributed by atoms with Gasteiger partial charge in [-0.3, -0.25) is 0 Å². The smallest absolute Gasteiger partial charge is 0.361 e. The summed E-state index contributed by atoms with van der Waals surface area (Å²) in [6, 6.07) is 0. The highest BCUT2D eigenvalue weighted by Gasteiger charge is 2.19. The molecule has 0 spiro atoms. The van der Waals surface area contributed by atoms with Crippen LogP contribution in [0, 0.1) is 0 Å². The number of hydrogen-bond acceptors (Lipinski definition) is 2. The summed E-state index contributed by atoms with van der Waals surface area (Å²) in [6.45, 7) is 3.32. The molecular formula is C5H10N2O2S. The highest BCUT2D eigenvalue weighted by Crippen LogP contribution is 2.01. The molecule has 10 heavy (non-hydrogen) atoms. The molecule has 0 rings (SSSR count). The zero-order valence-electron chi connectivity index (χ0n) is 5.98. The molecule has 0 aromatic carbocycles. The molecule has 4 nitrogen and oxygen atoms in total. The van der Waals surface area contributed by atoms with Crippen LogP contribution in [0.4, 0.5) is 0 Å². The average Bonchev–Trinajstić information content (AvgIpc) is 1.86. The number of nitrogens with zero attached hydrogens (tertiary/aromatic N) is 2. The van der Waals surface area contributed by atoms with Crippen LogP contribution in [0.25, 0.3) is 5.53 Å². The van der Waals surface area contributed by atoms with E-state index in [1.165, 1.54) is 0 Å². The van der Waals surface area contributed by atoms with E-state index in [1.54, 1.807) is 13.8 Å². The van der Waals surface area contributed by atoms with Gasteiger partial charge in [-0.1, -0.05) is 6.92 Å². The second-order valence-corrected chi connectivity index (χ2v) is 4.22. The Balaban J connectivity index is 4.58. The predicted molar refractivity (Wildman–Crippen MR) is 38.4 cm³/mol. The number of rotatable bonds is 3. The van der Waals surface area contributed by atoms with E-state index in [0.717, 1.165) is 0 Å². The second-order valence-electron chi connectivity index (χ2n) is 2.03. The Morgan fingerprint density at radius 1 is 1.70 bits per heavy atom. The van der Waals surface area contributed by atoms with Gasteiger partial charge in [-0.15, -0.1) is 0 Å². The molecule has 0 bridgehead atoms. The molecule has 0 amide bonds. The van der Waals surface area contributed by atoms with Crippen LogP contribution in [0.15, 0.2) is 0 Å². The summed E-state index contributed by atoms with van der Waals surface area (Å²) in [5.41, 5.74) is 8.51. The van der Waals surface area contributed by atoms with E-state index in [1.807, 2.05) is 0 Å². The van der Waals surface area contributed by atoms with Crippen LogP contribution in [0.2, 0.25) is 0 Å². The van der Waals surface area contributed by atoms with Crippen molar-refractivity contribution in [3.63, 3.8) is 0 Å². The van der Waals surface area contributed by atoms with E-state index < -0.39 is 15.1 Å². The summed E-state index contributed by atoms with van der Waals surface area (Å²) in [4.78, 5) is 2.46. The third-order valence-electron chi connectivity index (χ3n) is 1.33. The fourth-order valence-corrected chi connectivity index (χ4v) is 1.21. The minimum Gasteiger partial charge on any atom is -0.361 e. The lowest BCUT2D eigenvalue weighted by molar-refractivity contribution is 0.00748. The van der Waals surface area contributed by atoms with Crippen molar-refractivity contribution < 1.29 is 13.2 Å². The van der Waals surface area contributed by atoms with Gasteiger partial charge < -0.3 is 5.53 Å². The first-order valence-electron chi connectivity index (χ1n) is 2.96. The van der Waals surface area contributed by atoms with Crippen LogP contribution < -0.4 is 0 Å². The normalized spacial score (nSPS) is 13.8. The first kappa shape index (κ1) is 9.33. The highest BCUT2D eigenvalue weighted by atomic mass is 32.2. The maximum absolute atomic E-state index is 10.9. The Morgan fingerprint density at radius 2 is 2.20 bits per heavy atom. The lowest BCUT2D eigenvalue weighted by atomic mass is 10.4. The summed E-state index contributed by atoms with van der Waals surface area (Å²) in [5.74, 6) is 0. The fraction of sp³-hybridized carbons (Fsp3) is 0.800. The Labute approximate surface area is 60.4 Å². The second kappa shape index (κ2) is 3.49. The lowest BCUT2D eigenvalue weighted by Crippen LogP contribution is -2.17. The largest absolute Gasteiger partial charge is 0.370 e. The molecule has 0 radical (unpaired) electrons. The molecule has 0 aliphatic carbocycles. The molecule has 0 aromatic rings. The molecule has 1 unspecified atom stereocenters. The molecule has 0 N–H and O–H groups in total. The third kappa shape index (κ3) is 2.29. The Kier molecular flexibility index (Phi) is 3.25. The standard InChI is InChI=1S/C5H10N2O2S/c1-3-5(2)10(8,9)4-7-6/h4-5H,3H2,1-2H3. The molecule has 0 saturated heterocycles. The van der Waals surface area contributed by atoms with Crippen LogP contribution in [-0.2, 0) is 9.84 Å². The van der Waals surface area contributed by atoms with Gasteiger partial charge in [0.15, 0.2) is 0 Å². The predicted octanol–water partition coefficient (Wildman–Crippen LogP) is 0.458. The summed E-state index contributed by atoms with van der Waals surface area (Å²) < 4.78 is 21.7. The molecule has 58 valence electrons. The van der Waals surface area contributed by atoms with Crippen LogP contribution in [-0.4, -0.2) is 24.0 Å². The van der Waals surface area contributed by atoms with Gasteiger partial charge in [0.25, 0.3) is 0 Å². The molecule has 0 aliphatic rings. The number of hydrogen-bond donors (Lipinski definition) is 0. The Morgan fingerprint density at radius 3 is 2.50 bits per heavy atom. The van der Waals surface area contributed by atoms with Crippen molar-refractivity contribution in [3.8, 4) is 0 Å². The first-order chi connectivity index (χ1) is 4.54. The van der Waals surface area contributed by atoms with Crippen molar-refractivity contribution in [1.82, 2.24) is 0 Å². The average molecular weight is 162 g/mol. The third-order valence-corrected chi connectivity index (χ3v) is 3.17. The van der Waals surface area contributed by atoms with Gasteiger partial charge in [-0.05, 0) is 13.3 Å². The van der Waals surface area contributed by atoms with Gasteiger partial charge in [0.2, 0.25) is 9.84 Å². The summed E-state index contributed by atoms with van der Waals surface area (Å²) in [5, 5.41) is -0.469. The molecule has 5 heteroatoms. The van der Waals surface area contributed by atoms with Gasteiger partial charge in [-0.25, -0.2) is 8.42 Å². The van der Waals surface area contributed by atoms with Crippen molar-refractivity contribution >= 4 is 15.4 Å².